The van der Waals surface area contributed by atoms with Crippen molar-refractivity contribution in [2.45, 2.75) is 12.8 Å². The molecule has 10 N–H and O–H groups in total. The summed E-state index contributed by atoms with van der Waals surface area (Å²) >= 11 is 0. The molecule has 0 spiro atoms. The highest BCUT2D eigenvalue weighted by molar-refractivity contribution is 8.93. The first-order valence-corrected chi connectivity index (χ1v) is 13.6. The van der Waals surface area contributed by atoms with Gasteiger partial charge < -0.3 is 46.8 Å². The molecule has 11 nitrogen and oxygen atoms in total. The molecule has 0 unspecified atom stereocenters. The third-order valence-electron chi connectivity index (χ3n) is 5.86. The lowest BCUT2D eigenvalue weighted by Crippen LogP contribution is -2.23. The molecule has 4 rings (SSSR count). The zero-order valence-electron chi connectivity index (χ0n) is 24.7. The number of phenols is 6. The summed E-state index contributed by atoms with van der Waals surface area (Å²) in [7, 11) is 0. The largest absolute Gasteiger partial charge is 0.508 e. The first-order chi connectivity index (χ1) is 21.5. The number of hydrogen-bond acceptors (Lipinski definition) is 9. The molecule has 244 valence electrons. The Hall–Kier alpha value is -5.46. The van der Waals surface area contributed by atoms with Crippen molar-refractivity contribution in [2.24, 2.45) is 5.73 Å². The van der Waals surface area contributed by atoms with Gasteiger partial charge in [-0.25, -0.2) is 4.79 Å². The number of hydrogen-bond donors (Lipinski definition) is 9. The standard InChI is InChI=1S/C17H17NO4.C9H8O3.C8H11NO2.BrH/c19-14-5-1-12(2-6-14)4-8-17(22)18-10-9-13-3-7-15(20)16(21)11-13;10-8-4-1-7(2-5-8)3-6-9(11)12;9-4-3-6-1-2-7(10)8(11)5-6;/h1-8,11,19-21H,9-10H2,(H,18,22);1-6,10H,(H,11,12);1-2,5,10-11H,3-4,9H2;1H/b8-4+;6-3+;;. The van der Waals surface area contributed by atoms with E-state index in [9.17, 15) is 19.8 Å². The number of aliphatic carboxylic acids is 1. The molecule has 0 fully saturated rings. The maximum atomic E-state index is 11.7. The highest BCUT2D eigenvalue weighted by Gasteiger charge is 2.02. The molecule has 0 saturated heterocycles. The second-order valence-corrected chi connectivity index (χ2v) is 9.41. The normalized spacial score (nSPS) is 10.2. The average Bonchev–Trinajstić information content (AvgIpc) is 3.01. The average molecular weight is 698 g/mol. The number of phenolic OH excluding ortho intramolecular Hbond substituents is 6. The van der Waals surface area contributed by atoms with Crippen molar-refractivity contribution in [1.29, 1.82) is 0 Å². The summed E-state index contributed by atoms with van der Waals surface area (Å²) in [4.78, 5) is 21.8. The Labute approximate surface area is 276 Å². The second kappa shape index (κ2) is 20.5. The van der Waals surface area contributed by atoms with Gasteiger partial charge in [0.2, 0.25) is 5.91 Å². The molecule has 4 aromatic rings. The van der Waals surface area contributed by atoms with Crippen LogP contribution >= 0.6 is 17.0 Å². The lowest BCUT2D eigenvalue weighted by Gasteiger charge is -2.04. The first kappa shape index (κ1) is 38.6. The van der Waals surface area contributed by atoms with Crippen LogP contribution in [0.4, 0.5) is 0 Å². The Morgan fingerprint density at radius 1 is 0.609 bits per heavy atom. The SMILES string of the molecule is Br.NCCc1ccc(O)c(O)c1.O=C(/C=C/c1ccc(O)cc1)NCCc1ccc(O)c(O)c1.O=C(O)/C=C/c1ccc(O)cc1. The lowest BCUT2D eigenvalue weighted by atomic mass is 10.1. The number of carboxylic acids is 1. The smallest absolute Gasteiger partial charge is 0.328 e. The molecule has 0 aromatic heterocycles. The van der Waals surface area contributed by atoms with Crippen LogP contribution in [0.5, 0.6) is 34.5 Å². The van der Waals surface area contributed by atoms with E-state index in [4.69, 9.17) is 31.3 Å². The number of nitrogens with one attached hydrogen (secondary N) is 1. The van der Waals surface area contributed by atoms with Gasteiger partial charge in [0.15, 0.2) is 23.0 Å². The van der Waals surface area contributed by atoms with Gasteiger partial charge in [0.1, 0.15) is 11.5 Å². The van der Waals surface area contributed by atoms with Crippen molar-refractivity contribution in [1.82, 2.24) is 5.32 Å². The van der Waals surface area contributed by atoms with Crippen LogP contribution in [0.25, 0.3) is 12.2 Å². The highest BCUT2D eigenvalue weighted by Crippen LogP contribution is 2.25. The quantitative estimate of drug-likeness (QED) is 0.0857. The molecule has 4 aromatic carbocycles. The van der Waals surface area contributed by atoms with Gasteiger partial charge in [-0.1, -0.05) is 36.4 Å². The van der Waals surface area contributed by atoms with Crippen molar-refractivity contribution < 1.29 is 45.3 Å². The Balaban J connectivity index is 0.000000374. The lowest BCUT2D eigenvalue weighted by molar-refractivity contribution is -0.131. The van der Waals surface area contributed by atoms with E-state index in [0.717, 1.165) is 28.3 Å². The van der Waals surface area contributed by atoms with Crippen LogP contribution in [0.2, 0.25) is 0 Å². The topological polar surface area (TPSA) is 214 Å². The number of carbonyl (C=O) groups excluding carboxylic acids is 1. The monoisotopic (exact) mass is 696 g/mol. The van der Waals surface area contributed by atoms with Crippen molar-refractivity contribution in [2.75, 3.05) is 13.1 Å². The van der Waals surface area contributed by atoms with E-state index in [0.29, 0.717) is 25.9 Å². The zero-order chi connectivity index (χ0) is 33.2. The summed E-state index contributed by atoms with van der Waals surface area (Å²) in [5.41, 5.74) is 8.62. The van der Waals surface area contributed by atoms with Crippen LogP contribution < -0.4 is 11.1 Å². The van der Waals surface area contributed by atoms with Gasteiger partial charge >= 0.3 is 5.97 Å². The number of carbonyl (C=O) groups is 2. The molecular weight excluding hydrogens is 660 g/mol. The summed E-state index contributed by atoms with van der Waals surface area (Å²) in [5.74, 6) is -1.37. The predicted molar refractivity (Wildman–Crippen MR) is 181 cm³/mol. The molecule has 0 heterocycles. The van der Waals surface area contributed by atoms with Gasteiger partial charge in [-0.2, -0.15) is 0 Å². The fourth-order valence-corrected chi connectivity index (χ4v) is 3.51. The Bertz CT molecular complexity index is 1590. The van der Waals surface area contributed by atoms with E-state index in [1.54, 1.807) is 54.6 Å². The minimum atomic E-state index is -0.983. The number of amides is 1. The van der Waals surface area contributed by atoms with Crippen LogP contribution in [0, 0.1) is 0 Å². The number of benzene rings is 4. The predicted octanol–water partition coefficient (Wildman–Crippen LogP) is 4.84. The molecule has 12 heteroatoms. The summed E-state index contributed by atoms with van der Waals surface area (Å²) in [6.45, 7) is 0.965. The van der Waals surface area contributed by atoms with Crippen LogP contribution in [-0.2, 0) is 22.4 Å². The molecule has 0 aliphatic rings. The molecule has 0 radical (unpaired) electrons. The fourth-order valence-electron chi connectivity index (χ4n) is 3.51. The molecule has 0 atom stereocenters. The number of nitrogens with two attached hydrogens (primary N) is 1. The van der Waals surface area contributed by atoms with Gasteiger partial charge in [0.25, 0.3) is 0 Å². The Kier molecular flexibility index (Phi) is 17.2. The number of halogens is 1. The Morgan fingerprint density at radius 3 is 1.46 bits per heavy atom. The summed E-state index contributed by atoms with van der Waals surface area (Å²) in [6, 6.07) is 22.1. The van der Waals surface area contributed by atoms with E-state index >= 15 is 0 Å². The van der Waals surface area contributed by atoms with Crippen LogP contribution in [0.1, 0.15) is 22.3 Å². The van der Waals surface area contributed by atoms with Crippen molar-refractivity contribution in [3.63, 3.8) is 0 Å². The Morgan fingerprint density at radius 2 is 1.04 bits per heavy atom. The van der Waals surface area contributed by atoms with Crippen LogP contribution in [0.15, 0.2) is 97.1 Å². The number of aromatic hydroxyl groups is 6. The molecule has 46 heavy (non-hydrogen) atoms. The summed E-state index contributed by atoms with van der Waals surface area (Å²) in [6.07, 6.45) is 6.84. The molecule has 1 amide bonds. The number of rotatable bonds is 9. The fraction of sp³-hybridized carbons (Fsp3) is 0.118. The van der Waals surface area contributed by atoms with Crippen LogP contribution in [0.3, 0.4) is 0 Å². The molecule has 0 saturated carbocycles. The third kappa shape index (κ3) is 15.3. The molecule has 0 aliphatic carbocycles. The maximum absolute atomic E-state index is 11.7. The minimum Gasteiger partial charge on any atom is -0.508 e. The van der Waals surface area contributed by atoms with Gasteiger partial charge in [-0.15, -0.1) is 17.0 Å². The van der Waals surface area contributed by atoms with E-state index < -0.39 is 5.97 Å². The number of carboxylic acid groups (broad SMARTS) is 1. The molecule has 0 aliphatic heterocycles. The minimum absolute atomic E-state index is 0. The summed E-state index contributed by atoms with van der Waals surface area (Å²) in [5, 5.41) is 65.6. The zero-order valence-corrected chi connectivity index (χ0v) is 26.4. The first-order valence-electron chi connectivity index (χ1n) is 13.6. The van der Waals surface area contributed by atoms with Gasteiger partial charge in [0, 0.05) is 18.7 Å². The van der Waals surface area contributed by atoms with E-state index in [-0.39, 0.29) is 57.4 Å². The van der Waals surface area contributed by atoms with Crippen molar-refractivity contribution >= 4 is 41.0 Å². The summed E-state index contributed by atoms with van der Waals surface area (Å²) < 4.78 is 0. The van der Waals surface area contributed by atoms with Gasteiger partial charge in [-0.05, 0) is 102 Å². The van der Waals surface area contributed by atoms with Crippen molar-refractivity contribution in [3.05, 3.63) is 119 Å². The third-order valence-corrected chi connectivity index (χ3v) is 5.86. The molecular formula is C34H37BrN2O9. The van der Waals surface area contributed by atoms with Crippen LogP contribution in [-0.4, -0.2) is 60.7 Å². The molecule has 0 bridgehead atoms. The van der Waals surface area contributed by atoms with E-state index in [1.165, 1.54) is 48.6 Å². The van der Waals surface area contributed by atoms with Gasteiger partial charge in [-0.3, -0.25) is 4.79 Å². The highest BCUT2D eigenvalue weighted by atomic mass is 79.9. The maximum Gasteiger partial charge on any atom is 0.328 e. The second-order valence-electron chi connectivity index (χ2n) is 9.41. The van der Waals surface area contributed by atoms with Crippen molar-refractivity contribution in [3.8, 4) is 34.5 Å². The van der Waals surface area contributed by atoms with Gasteiger partial charge in [0.05, 0.1) is 0 Å². The van der Waals surface area contributed by atoms with E-state index in [1.807, 2.05) is 0 Å². The van der Waals surface area contributed by atoms with E-state index in [2.05, 4.69) is 5.32 Å².